The number of nitrogens with zero attached hydrogens (tertiary/aromatic N) is 2. The Morgan fingerprint density at radius 1 is 1.56 bits per heavy atom. The summed E-state index contributed by atoms with van der Waals surface area (Å²) in [4.78, 5) is 19.4. The van der Waals surface area contributed by atoms with Gasteiger partial charge in [-0.05, 0) is 26.7 Å². The van der Waals surface area contributed by atoms with Gasteiger partial charge >= 0.3 is 0 Å². The Balaban J connectivity index is 2.18. The second kappa shape index (κ2) is 4.84. The highest BCUT2D eigenvalue weighted by molar-refractivity contribution is 9.09. The van der Waals surface area contributed by atoms with Crippen molar-refractivity contribution in [3.63, 3.8) is 0 Å². The zero-order chi connectivity index (χ0) is 11.7. The second-order valence-electron chi connectivity index (χ2n) is 4.07. The Hall–Kier alpha value is -0.420. The predicted octanol–water partition coefficient (Wildman–Crippen LogP) is 2.76. The average molecular weight is 303 g/mol. The van der Waals surface area contributed by atoms with E-state index in [-0.39, 0.29) is 5.91 Å². The van der Waals surface area contributed by atoms with Crippen LogP contribution >= 0.6 is 27.3 Å². The summed E-state index contributed by atoms with van der Waals surface area (Å²) in [6, 6.07) is 0.465. The summed E-state index contributed by atoms with van der Waals surface area (Å²) in [5.74, 6) is 0.157. The Bertz CT molecular complexity index is 401. The van der Waals surface area contributed by atoms with Crippen LogP contribution in [0.3, 0.4) is 0 Å². The summed E-state index contributed by atoms with van der Waals surface area (Å²) in [7, 11) is 0. The van der Waals surface area contributed by atoms with Crippen molar-refractivity contribution in [2.75, 3.05) is 11.9 Å². The third-order valence-electron chi connectivity index (χ3n) is 2.67. The molecule has 0 spiro atoms. The van der Waals surface area contributed by atoms with Gasteiger partial charge in [-0.15, -0.1) is 11.3 Å². The first-order valence-corrected chi connectivity index (χ1v) is 7.38. The molecule has 1 saturated carbocycles. The van der Waals surface area contributed by atoms with E-state index in [9.17, 15) is 4.79 Å². The van der Waals surface area contributed by atoms with E-state index in [1.165, 1.54) is 11.3 Å². The van der Waals surface area contributed by atoms with Gasteiger partial charge in [0.1, 0.15) is 4.88 Å². The van der Waals surface area contributed by atoms with Crippen molar-refractivity contribution in [1.82, 2.24) is 9.88 Å². The first-order chi connectivity index (χ1) is 7.63. The van der Waals surface area contributed by atoms with Crippen LogP contribution in [0.5, 0.6) is 0 Å². The minimum Gasteiger partial charge on any atom is -0.334 e. The quantitative estimate of drug-likeness (QED) is 0.801. The molecule has 5 heteroatoms. The molecule has 0 unspecified atom stereocenters. The molecule has 1 aliphatic carbocycles. The number of halogens is 1. The molecule has 1 aromatic rings. The van der Waals surface area contributed by atoms with Gasteiger partial charge in [0.15, 0.2) is 0 Å². The minimum atomic E-state index is 0.157. The van der Waals surface area contributed by atoms with E-state index in [0.29, 0.717) is 6.04 Å². The SMILES string of the molecule is Cc1nc(C)c(C(=O)N(CCBr)C2CC2)s1. The van der Waals surface area contributed by atoms with Crippen molar-refractivity contribution in [3.05, 3.63) is 15.6 Å². The molecule has 0 aliphatic heterocycles. The molecule has 1 heterocycles. The van der Waals surface area contributed by atoms with E-state index in [0.717, 1.165) is 40.3 Å². The van der Waals surface area contributed by atoms with Crippen LogP contribution in [0.2, 0.25) is 0 Å². The monoisotopic (exact) mass is 302 g/mol. The van der Waals surface area contributed by atoms with Gasteiger partial charge in [0.2, 0.25) is 0 Å². The zero-order valence-electron chi connectivity index (χ0n) is 9.49. The minimum absolute atomic E-state index is 0.157. The van der Waals surface area contributed by atoms with Crippen LogP contribution in [-0.2, 0) is 0 Å². The van der Waals surface area contributed by atoms with Crippen LogP contribution in [0.1, 0.15) is 33.2 Å². The van der Waals surface area contributed by atoms with E-state index in [2.05, 4.69) is 20.9 Å². The summed E-state index contributed by atoms with van der Waals surface area (Å²) in [6.07, 6.45) is 2.30. The van der Waals surface area contributed by atoms with Crippen LogP contribution in [0.4, 0.5) is 0 Å². The van der Waals surface area contributed by atoms with Crippen molar-refractivity contribution in [2.45, 2.75) is 32.7 Å². The van der Waals surface area contributed by atoms with Crippen molar-refractivity contribution in [2.24, 2.45) is 0 Å². The maximum atomic E-state index is 12.3. The Labute approximate surface area is 108 Å². The normalized spacial score (nSPS) is 15.2. The molecule has 88 valence electrons. The maximum absolute atomic E-state index is 12.3. The molecule has 1 fully saturated rings. The summed E-state index contributed by atoms with van der Waals surface area (Å²) in [5, 5.41) is 1.81. The fourth-order valence-electron chi connectivity index (χ4n) is 1.79. The van der Waals surface area contributed by atoms with Gasteiger partial charge in [0.05, 0.1) is 10.7 Å². The summed E-state index contributed by atoms with van der Waals surface area (Å²) in [5.41, 5.74) is 0.868. The van der Waals surface area contributed by atoms with Crippen LogP contribution < -0.4 is 0 Å². The standard InChI is InChI=1S/C11H15BrN2OS/c1-7-10(16-8(2)13-7)11(15)14(6-5-12)9-3-4-9/h9H,3-6H2,1-2H3. The first kappa shape index (κ1) is 12.0. The van der Waals surface area contributed by atoms with Crippen molar-refractivity contribution < 1.29 is 4.79 Å². The Morgan fingerprint density at radius 3 is 2.69 bits per heavy atom. The topological polar surface area (TPSA) is 33.2 Å². The van der Waals surface area contributed by atoms with Gasteiger partial charge in [-0.1, -0.05) is 15.9 Å². The lowest BCUT2D eigenvalue weighted by molar-refractivity contribution is 0.0758. The molecular weight excluding hydrogens is 288 g/mol. The molecule has 0 saturated heterocycles. The summed E-state index contributed by atoms with van der Waals surface area (Å²) >= 11 is 4.91. The molecule has 0 bridgehead atoms. The number of aryl methyl sites for hydroxylation is 2. The van der Waals surface area contributed by atoms with Crippen molar-refractivity contribution >= 4 is 33.2 Å². The molecule has 16 heavy (non-hydrogen) atoms. The molecule has 0 atom stereocenters. The third-order valence-corrected chi connectivity index (χ3v) is 4.09. The highest BCUT2D eigenvalue weighted by atomic mass is 79.9. The average Bonchev–Trinajstić information content (AvgIpc) is 3.00. The Kier molecular flexibility index (Phi) is 3.64. The van der Waals surface area contributed by atoms with Gasteiger partial charge in [-0.2, -0.15) is 0 Å². The number of aromatic nitrogens is 1. The van der Waals surface area contributed by atoms with Crippen LogP contribution in [0.25, 0.3) is 0 Å². The number of rotatable bonds is 4. The third kappa shape index (κ3) is 2.46. The molecule has 0 N–H and O–H groups in total. The molecule has 2 rings (SSSR count). The van der Waals surface area contributed by atoms with Gasteiger partial charge in [0.25, 0.3) is 5.91 Å². The largest absolute Gasteiger partial charge is 0.334 e. The number of thiazole rings is 1. The lowest BCUT2D eigenvalue weighted by Crippen LogP contribution is -2.34. The van der Waals surface area contributed by atoms with E-state index in [4.69, 9.17) is 0 Å². The number of amides is 1. The molecule has 1 aliphatic rings. The van der Waals surface area contributed by atoms with E-state index < -0.39 is 0 Å². The fraction of sp³-hybridized carbons (Fsp3) is 0.636. The number of alkyl halides is 1. The highest BCUT2D eigenvalue weighted by Gasteiger charge is 2.33. The van der Waals surface area contributed by atoms with Gasteiger partial charge in [0, 0.05) is 17.9 Å². The molecule has 0 aromatic carbocycles. The van der Waals surface area contributed by atoms with Crippen molar-refractivity contribution in [1.29, 1.82) is 0 Å². The first-order valence-electron chi connectivity index (χ1n) is 5.44. The number of carbonyl (C=O) groups is 1. The molecule has 1 aromatic heterocycles. The van der Waals surface area contributed by atoms with Gasteiger partial charge in [-0.3, -0.25) is 4.79 Å². The molecule has 0 radical (unpaired) electrons. The highest BCUT2D eigenvalue weighted by Crippen LogP contribution is 2.30. The van der Waals surface area contributed by atoms with Crippen LogP contribution in [0, 0.1) is 13.8 Å². The number of hydrogen-bond acceptors (Lipinski definition) is 3. The van der Waals surface area contributed by atoms with Crippen LogP contribution in [-0.4, -0.2) is 33.7 Å². The predicted molar refractivity (Wildman–Crippen MR) is 69.4 cm³/mol. The Morgan fingerprint density at radius 2 is 2.25 bits per heavy atom. The molecule has 3 nitrogen and oxygen atoms in total. The maximum Gasteiger partial charge on any atom is 0.266 e. The molecular formula is C11H15BrN2OS. The number of carbonyl (C=O) groups excluding carboxylic acids is 1. The lowest BCUT2D eigenvalue weighted by atomic mass is 10.3. The summed E-state index contributed by atoms with van der Waals surface area (Å²) in [6.45, 7) is 4.65. The van der Waals surface area contributed by atoms with E-state index in [1.807, 2.05) is 18.7 Å². The smallest absolute Gasteiger partial charge is 0.266 e. The van der Waals surface area contributed by atoms with Gasteiger partial charge in [-0.25, -0.2) is 4.98 Å². The van der Waals surface area contributed by atoms with E-state index >= 15 is 0 Å². The van der Waals surface area contributed by atoms with Crippen molar-refractivity contribution in [3.8, 4) is 0 Å². The summed E-state index contributed by atoms with van der Waals surface area (Å²) < 4.78 is 0. The second-order valence-corrected chi connectivity index (χ2v) is 6.06. The van der Waals surface area contributed by atoms with Gasteiger partial charge < -0.3 is 4.90 Å². The van der Waals surface area contributed by atoms with Crippen LogP contribution in [0.15, 0.2) is 0 Å². The molecule has 1 amide bonds. The van der Waals surface area contributed by atoms with E-state index in [1.54, 1.807) is 0 Å². The number of hydrogen-bond donors (Lipinski definition) is 0. The zero-order valence-corrected chi connectivity index (χ0v) is 11.9. The lowest BCUT2D eigenvalue weighted by Gasteiger charge is -2.20. The fourth-order valence-corrected chi connectivity index (χ4v) is 3.05.